The van der Waals surface area contributed by atoms with Gasteiger partial charge in [-0.25, -0.2) is 4.79 Å². The Labute approximate surface area is 178 Å². The van der Waals surface area contributed by atoms with Crippen molar-refractivity contribution in [2.75, 3.05) is 24.3 Å². The van der Waals surface area contributed by atoms with Gasteiger partial charge < -0.3 is 20.7 Å². The van der Waals surface area contributed by atoms with Crippen molar-refractivity contribution < 1.29 is 23.9 Å². The van der Waals surface area contributed by atoms with Crippen molar-refractivity contribution in [2.24, 2.45) is 0 Å². The van der Waals surface area contributed by atoms with E-state index >= 15 is 0 Å². The smallest absolute Gasteiger partial charge is 0.340 e. The van der Waals surface area contributed by atoms with Crippen LogP contribution in [0.5, 0.6) is 0 Å². The maximum Gasteiger partial charge on any atom is 0.340 e. The van der Waals surface area contributed by atoms with Crippen LogP contribution in [0, 0.1) is 0 Å². The molecule has 0 heterocycles. The molecule has 3 aromatic rings. The lowest BCUT2D eigenvalue weighted by Gasteiger charge is -2.12. The van der Waals surface area contributed by atoms with Gasteiger partial charge in [-0.2, -0.15) is 0 Å². The molecule has 3 rings (SSSR count). The third-order valence-electron chi connectivity index (χ3n) is 4.41. The summed E-state index contributed by atoms with van der Waals surface area (Å²) < 4.78 is 5.15. The van der Waals surface area contributed by atoms with Gasteiger partial charge in [-0.15, -0.1) is 0 Å². The van der Waals surface area contributed by atoms with Crippen molar-refractivity contribution in [3.05, 3.63) is 71.8 Å². The summed E-state index contributed by atoms with van der Waals surface area (Å²) in [5, 5.41) is 9.36. The molecule has 0 aromatic heterocycles. The molecule has 0 radical (unpaired) electrons. The summed E-state index contributed by atoms with van der Waals surface area (Å²) in [6.45, 7) is 0.829. The second-order valence-corrected chi connectivity index (χ2v) is 6.71. The molecule has 3 aromatic carbocycles. The van der Waals surface area contributed by atoms with Gasteiger partial charge in [0.25, 0.3) is 11.8 Å². The van der Waals surface area contributed by atoms with Crippen LogP contribution in [-0.4, -0.2) is 37.3 Å². The molecule has 8 nitrogen and oxygen atoms in total. The van der Waals surface area contributed by atoms with Gasteiger partial charge >= 0.3 is 5.97 Å². The van der Waals surface area contributed by atoms with Crippen LogP contribution in [0.2, 0.25) is 0 Å². The molecule has 31 heavy (non-hydrogen) atoms. The van der Waals surface area contributed by atoms with E-state index in [0.717, 1.165) is 10.8 Å². The molecule has 0 unspecified atom stereocenters. The first-order valence-electron chi connectivity index (χ1n) is 9.47. The zero-order valence-electron chi connectivity index (χ0n) is 17.0. The number of amides is 3. The molecule has 0 aliphatic heterocycles. The average molecular weight is 419 g/mol. The Bertz CT molecular complexity index is 1160. The molecule has 0 atom stereocenters. The van der Waals surface area contributed by atoms with Crippen LogP contribution < -0.4 is 16.0 Å². The Morgan fingerprint density at radius 3 is 2.13 bits per heavy atom. The molecule has 0 saturated carbocycles. The fraction of sp³-hybridized carbons (Fsp3) is 0.130. The number of anilines is 2. The van der Waals surface area contributed by atoms with Gasteiger partial charge in [-0.1, -0.05) is 24.3 Å². The van der Waals surface area contributed by atoms with Gasteiger partial charge in [-0.3, -0.25) is 14.4 Å². The topological polar surface area (TPSA) is 114 Å². The number of hydrogen-bond acceptors (Lipinski definition) is 5. The first-order valence-corrected chi connectivity index (χ1v) is 9.47. The Balaban J connectivity index is 1.68. The van der Waals surface area contributed by atoms with E-state index in [4.69, 9.17) is 4.74 Å². The van der Waals surface area contributed by atoms with Crippen molar-refractivity contribution in [3.63, 3.8) is 0 Å². The van der Waals surface area contributed by atoms with E-state index in [2.05, 4.69) is 16.0 Å². The Hall–Kier alpha value is -4.20. The van der Waals surface area contributed by atoms with E-state index in [1.807, 2.05) is 24.3 Å². The van der Waals surface area contributed by atoms with Gasteiger partial charge in [0, 0.05) is 25.2 Å². The molecular weight excluding hydrogens is 398 g/mol. The summed E-state index contributed by atoms with van der Waals surface area (Å²) >= 11 is 0. The third kappa shape index (κ3) is 5.45. The predicted molar refractivity (Wildman–Crippen MR) is 117 cm³/mol. The molecule has 3 amide bonds. The molecule has 0 spiro atoms. The maximum absolute atomic E-state index is 12.6. The zero-order valence-corrected chi connectivity index (χ0v) is 17.0. The number of nitrogens with one attached hydrogen (secondary N) is 3. The van der Waals surface area contributed by atoms with Crippen LogP contribution in [0.3, 0.4) is 0 Å². The first kappa shape index (κ1) is 21.5. The van der Waals surface area contributed by atoms with E-state index in [9.17, 15) is 19.2 Å². The minimum absolute atomic E-state index is 0.150. The van der Waals surface area contributed by atoms with E-state index in [1.54, 1.807) is 36.4 Å². The molecule has 0 aliphatic carbocycles. The number of benzene rings is 3. The fourth-order valence-electron chi connectivity index (χ4n) is 2.96. The second kappa shape index (κ2) is 9.53. The van der Waals surface area contributed by atoms with Gasteiger partial charge in [0.15, 0.2) is 6.61 Å². The van der Waals surface area contributed by atoms with Gasteiger partial charge in [0.2, 0.25) is 5.91 Å². The molecule has 3 N–H and O–H groups in total. The van der Waals surface area contributed by atoms with Crippen molar-refractivity contribution in [3.8, 4) is 0 Å². The van der Waals surface area contributed by atoms with Crippen LogP contribution in [-0.2, 0) is 14.3 Å². The number of fused-ring (bicyclic) bond motifs is 1. The number of rotatable bonds is 6. The van der Waals surface area contributed by atoms with E-state index in [0.29, 0.717) is 16.9 Å². The predicted octanol–water partition coefficient (Wildman–Crippen LogP) is 2.95. The molecule has 0 aliphatic rings. The normalized spacial score (nSPS) is 10.3. The lowest BCUT2D eigenvalue weighted by molar-refractivity contribution is -0.119. The highest BCUT2D eigenvalue weighted by Gasteiger charge is 2.17. The SMILES string of the molecule is CNC(=O)c1ccc(NC(=O)COC(=O)c2cc3ccccc3cc2NC(C)=O)cc1. The van der Waals surface area contributed by atoms with E-state index in [1.165, 1.54) is 14.0 Å². The first-order chi connectivity index (χ1) is 14.9. The highest BCUT2D eigenvalue weighted by molar-refractivity contribution is 6.06. The molecule has 0 saturated heterocycles. The molecule has 0 fully saturated rings. The lowest BCUT2D eigenvalue weighted by atomic mass is 10.0. The minimum Gasteiger partial charge on any atom is -0.452 e. The molecule has 8 heteroatoms. The summed E-state index contributed by atoms with van der Waals surface area (Å²) in [4.78, 5) is 47.8. The monoisotopic (exact) mass is 419 g/mol. The quantitative estimate of drug-likeness (QED) is 0.532. The highest BCUT2D eigenvalue weighted by Crippen LogP contribution is 2.25. The molecular formula is C23H21N3O5. The number of carbonyl (C=O) groups is 4. The second-order valence-electron chi connectivity index (χ2n) is 6.71. The van der Waals surface area contributed by atoms with Crippen LogP contribution in [0.4, 0.5) is 11.4 Å². The Morgan fingerprint density at radius 1 is 0.871 bits per heavy atom. The number of ether oxygens (including phenoxy) is 1. The molecule has 158 valence electrons. The van der Waals surface area contributed by atoms with Gasteiger partial charge in [0.1, 0.15) is 0 Å². The van der Waals surface area contributed by atoms with Crippen molar-refractivity contribution in [1.82, 2.24) is 5.32 Å². The zero-order chi connectivity index (χ0) is 22.4. The van der Waals surface area contributed by atoms with E-state index < -0.39 is 18.5 Å². The van der Waals surface area contributed by atoms with Gasteiger partial charge in [0.05, 0.1) is 11.3 Å². The highest BCUT2D eigenvalue weighted by atomic mass is 16.5. The van der Waals surface area contributed by atoms with Crippen molar-refractivity contribution in [2.45, 2.75) is 6.92 Å². The third-order valence-corrected chi connectivity index (χ3v) is 4.41. The van der Waals surface area contributed by atoms with Crippen molar-refractivity contribution in [1.29, 1.82) is 0 Å². The number of esters is 1. The molecule has 0 bridgehead atoms. The van der Waals surface area contributed by atoms with Gasteiger partial charge in [-0.05, 0) is 47.2 Å². The number of carbonyl (C=O) groups excluding carboxylic acids is 4. The standard InChI is InChI=1S/C23H21N3O5/c1-14(27)25-20-12-17-6-4-3-5-16(17)11-19(20)23(30)31-13-21(28)26-18-9-7-15(8-10-18)22(29)24-2/h3-12H,13H2,1-2H3,(H,24,29)(H,25,27)(H,26,28). The summed E-state index contributed by atoms with van der Waals surface area (Å²) in [6.07, 6.45) is 0. The van der Waals surface area contributed by atoms with E-state index in [-0.39, 0.29) is 17.4 Å². The number of hydrogen-bond donors (Lipinski definition) is 3. The van der Waals surface area contributed by atoms with Crippen LogP contribution in [0.15, 0.2) is 60.7 Å². The summed E-state index contributed by atoms with van der Waals surface area (Å²) in [6, 6.07) is 16.9. The summed E-state index contributed by atoms with van der Waals surface area (Å²) in [5.74, 6) is -1.85. The Morgan fingerprint density at radius 2 is 1.52 bits per heavy atom. The summed E-state index contributed by atoms with van der Waals surface area (Å²) in [5.41, 5.74) is 1.37. The van der Waals surface area contributed by atoms with Crippen LogP contribution >= 0.6 is 0 Å². The fourth-order valence-corrected chi connectivity index (χ4v) is 2.96. The largest absolute Gasteiger partial charge is 0.452 e. The maximum atomic E-state index is 12.6. The van der Waals surface area contributed by atoms with Crippen LogP contribution in [0.1, 0.15) is 27.6 Å². The average Bonchev–Trinajstić information content (AvgIpc) is 2.76. The minimum atomic E-state index is -0.736. The van der Waals surface area contributed by atoms with Crippen LogP contribution in [0.25, 0.3) is 10.8 Å². The lowest BCUT2D eigenvalue weighted by Crippen LogP contribution is -2.22. The summed E-state index contributed by atoms with van der Waals surface area (Å²) in [7, 11) is 1.53. The Kier molecular flexibility index (Phi) is 6.61. The van der Waals surface area contributed by atoms with Crippen molar-refractivity contribution >= 4 is 45.8 Å².